The van der Waals surface area contributed by atoms with Gasteiger partial charge in [0.2, 0.25) is 0 Å². The Morgan fingerprint density at radius 2 is 1.10 bits per heavy atom. The molecule has 2 heterocycles. The van der Waals surface area contributed by atoms with Crippen LogP contribution in [0.1, 0.15) is 30.5 Å². The number of aromatic nitrogens is 1. The maximum Gasteiger partial charge on any atom is 0.0541 e. The molecule has 0 amide bonds. The summed E-state index contributed by atoms with van der Waals surface area (Å²) in [6.45, 7) is 5.47. The highest BCUT2D eigenvalue weighted by molar-refractivity contribution is 7.26. The maximum absolute atomic E-state index is 2.59. The lowest BCUT2D eigenvalue weighted by molar-refractivity contribution is 0.660. The third-order valence-electron chi connectivity index (χ3n) is 13.1. The summed E-state index contributed by atoms with van der Waals surface area (Å²) in [4.78, 5) is 2.59. The molecule has 0 saturated carbocycles. The van der Waals surface area contributed by atoms with Crippen LogP contribution in [0.3, 0.4) is 0 Å². The van der Waals surface area contributed by atoms with E-state index < -0.39 is 0 Å². The lowest BCUT2D eigenvalue weighted by Gasteiger charge is -2.30. The Bertz CT molecular complexity index is 3480. The molecule has 3 heteroatoms. The second-order valence-electron chi connectivity index (χ2n) is 16.9. The molecule has 9 aromatic carbocycles. The quantitative estimate of drug-likeness (QED) is 0.156. The molecule has 11 aromatic rings. The summed E-state index contributed by atoms with van der Waals surface area (Å²) in [5.74, 6) is 0. The van der Waals surface area contributed by atoms with Crippen LogP contribution in [0.25, 0.3) is 81.0 Å². The fraction of sp³-hybridized carbons (Fsp3) is 0.0690. The van der Waals surface area contributed by atoms with E-state index in [1.54, 1.807) is 0 Å². The summed E-state index contributed by atoms with van der Waals surface area (Å²) in [5.41, 5.74) is 17.7. The monoisotopic (exact) mass is 798 g/mol. The Morgan fingerprint density at radius 3 is 1.95 bits per heavy atom. The largest absolute Gasteiger partial charge is 0.336 e. The molecule has 0 aliphatic heterocycles. The summed E-state index contributed by atoms with van der Waals surface area (Å²) in [5, 5.41) is 5.10. The van der Waals surface area contributed by atoms with Crippen LogP contribution < -0.4 is 4.90 Å². The van der Waals surface area contributed by atoms with Crippen molar-refractivity contribution < 1.29 is 0 Å². The fourth-order valence-corrected chi connectivity index (χ4v) is 11.3. The number of hydrogen-bond acceptors (Lipinski definition) is 2. The average Bonchev–Trinajstić information content (AvgIpc) is 3.94. The molecular weight excluding hydrogens is 757 g/mol. The van der Waals surface area contributed by atoms with E-state index in [4.69, 9.17) is 0 Å². The standard InChI is InChI=1S/C58H42N2S/c1-58(2)48-25-12-9-24-45(48)56-41(19-15-26-49(56)58)37-59(50-27-13-10-22-43(50)38-17-5-3-6-18-38)53-29-16-30-55-57(53)47-36-40(32-34-54(47)61-55)39-31-33-52-46(35-39)44-23-11-14-28-51(44)60(52)42-20-7-4-8-21-42/h3-36H,37H2,1-2H3. The van der Waals surface area contributed by atoms with E-state index in [0.717, 1.165) is 6.54 Å². The maximum atomic E-state index is 2.59. The normalized spacial score (nSPS) is 13.0. The van der Waals surface area contributed by atoms with Gasteiger partial charge in [0, 0.05) is 59.8 Å². The molecule has 0 radical (unpaired) electrons. The van der Waals surface area contributed by atoms with Crippen molar-refractivity contribution in [3.8, 4) is 39.1 Å². The van der Waals surface area contributed by atoms with Gasteiger partial charge in [-0.25, -0.2) is 0 Å². The van der Waals surface area contributed by atoms with Crippen LogP contribution in [0.5, 0.6) is 0 Å². The van der Waals surface area contributed by atoms with E-state index in [2.05, 4.69) is 230 Å². The first kappa shape index (κ1) is 35.7. The summed E-state index contributed by atoms with van der Waals surface area (Å²) in [6, 6.07) is 76.2. The molecule has 61 heavy (non-hydrogen) atoms. The molecule has 12 rings (SSSR count). The van der Waals surface area contributed by atoms with Crippen molar-refractivity contribution in [3.63, 3.8) is 0 Å². The number of hydrogen-bond donors (Lipinski definition) is 0. The van der Waals surface area contributed by atoms with Gasteiger partial charge in [-0.3, -0.25) is 0 Å². The minimum Gasteiger partial charge on any atom is -0.336 e. The van der Waals surface area contributed by atoms with E-state index in [-0.39, 0.29) is 5.41 Å². The summed E-state index contributed by atoms with van der Waals surface area (Å²) in [6.07, 6.45) is 0. The molecule has 2 nitrogen and oxygen atoms in total. The Hall–Kier alpha value is -7.20. The zero-order valence-corrected chi connectivity index (χ0v) is 35.0. The molecule has 0 fully saturated rings. The van der Waals surface area contributed by atoms with E-state index in [1.165, 1.54) is 109 Å². The van der Waals surface area contributed by atoms with Crippen molar-refractivity contribution in [2.24, 2.45) is 0 Å². The SMILES string of the molecule is CC1(C)c2ccccc2-c2c(CN(c3ccccc3-c3ccccc3)c3cccc4sc5ccc(-c6ccc7c(c6)c6ccccc6n7-c6ccccc6)cc5c34)cccc21. The van der Waals surface area contributed by atoms with Crippen LogP contribution in [0, 0.1) is 0 Å². The first-order chi connectivity index (χ1) is 30.0. The molecule has 0 bridgehead atoms. The predicted molar refractivity (Wildman–Crippen MR) is 261 cm³/mol. The first-order valence-corrected chi connectivity index (χ1v) is 22.0. The van der Waals surface area contributed by atoms with E-state index in [0.29, 0.717) is 0 Å². The molecule has 0 N–H and O–H groups in total. The van der Waals surface area contributed by atoms with Crippen molar-refractivity contribution in [3.05, 3.63) is 223 Å². The van der Waals surface area contributed by atoms with Crippen molar-refractivity contribution >= 4 is 64.7 Å². The molecule has 0 atom stereocenters. The van der Waals surface area contributed by atoms with Crippen LogP contribution in [-0.2, 0) is 12.0 Å². The van der Waals surface area contributed by atoms with E-state index in [1.807, 2.05) is 11.3 Å². The van der Waals surface area contributed by atoms with Crippen LogP contribution in [0.2, 0.25) is 0 Å². The minimum absolute atomic E-state index is 0.0752. The molecule has 290 valence electrons. The number of nitrogens with zero attached hydrogens (tertiary/aromatic N) is 2. The highest BCUT2D eigenvalue weighted by Gasteiger charge is 2.36. The molecule has 0 unspecified atom stereocenters. The fourth-order valence-electron chi connectivity index (χ4n) is 10.2. The number of para-hydroxylation sites is 3. The lowest BCUT2D eigenvalue weighted by atomic mass is 9.82. The number of rotatable bonds is 7. The Kier molecular flexibility index (Phi) is 8.16. The number of fused-ring (bicyclic) bond motifs is 9. The molecule has 2 aromatic heterocycles. The minimum atomic E-state index is -0.0752. The van der Waals surface area contributed by atoms with Crippen molar-refractivity contribution in [1.82, 2.24) is 4.57 Å². The zero-order chi connectivity index (χ0) is 40.7. The van der Waals surface area contributed by atoms with Gasteiger partial charge in [-0.1, -0.05) is 159 Å². The molecule has 0 saturated heterocycles. The number of benzene rings is 9. The van der Waals surface area contributed by atoms with Crippen LogP contribution >= 0.6 is 11.3 Å². The van der Waals surface area contributed by atoms with Crippen molar-refractivity contribution in [1.29, 1.82) is 0 Å². The smallest absolute Gasteiger partial charge is 0.0541 e. The van der Waals surface area contributed by atoms with Gasteiger partial charge in [-0.2, -0.15) is 0 Å². The molecule has 1 aliphatic rings. The highest BCUT2D eigenvalue weighted by Crippen LogP contribution is 2.52. The summed E-state index contributed by atoms with van der Waals surface area (Å²) >= 11 is 1.89. The van der Waals surface area contributed by atoms with Crippen LogP contribution in [0.15, 0.2) is 206 Å². The number of anilines is 2. The van der Waals surface area contributed by atoms with Gasteiger partial charge in [0.1, 0.15) is 0 Å². The first-order valence-electron chi connectivity index (χ1n) is 21.2. The van der Waals surface area contributed by atoms with Crippen molar-refractivity contribution in [2.75, 3.05) is 4.90 Å². The Morgan fingerprint density at radius 1 is 0.459 bits per heavy atom. The van der Waals surface area contributed by atoms with Gasteiger partial charge in [0.05, 0.1) is 16.7 Å². The van der Waals surface area contributed by atoms with E-state index >= 15 is 0 Å². The van der Waals surface area contributed by atoms with Gasteiger partial charge in [0.25, 0.3) is 0 Å². The average molecular weight is 799 g/mol. The van der Waals surface area contributed by atoms with E-state index in [9.17, 15) is 0 Å². The highest BCUT2D eigenvalue weighted by atomic mass is 32.1. The Balaban J connectivity index is 1.06. The van der Waals surface area contributed by atoms with Gasteiger partial charge in [-0.05, 0) is 105 Å². The molecular formula is C58H42N2S. The third kappa shape index (κ3) is 5.61. The Labute approximate surface area is 360 Å². The molecule has 1 aliphatic carbocycles. The van der Waals surface area contributed by atoms with Gasteiger partial charge in [0.15, 0.2) is 0 Å². The van der Waals surface area contributed by atoms with Gasteiger partial charge in [-0.15, -0.1) is 11.3 Å². The predicted octanol–water partition coefficient (Wildman–Crippen LogP) is 16.1. The van der Waals surface area contributed by atoms with Crippen LogP contribution in [-0.4, -0.2) is 4.57 Å². The second-order valence-corrected chi connectivity index (χ2v) is 17.9. The molecule has 0 spiro atoms. The van der Waals surface area contributed by atoms with Crippen LogP contribution in [0.4, 0.5) is 11.4 Å². The van der Waals surface area contributed by atoms with Gasteiger partial charge < -0.3 is 9.47 Å². The third-order valence-corrected chi connectivity index (χ3v) is 14.2. The lowest BCUT2D eigenvalue weighted by Crippen LogP contribution is -2.19. The topological polar surface area (TPSA) is 8.17 Å². The summed E-state index contributed by atoms with van der Waals surface area (Å²) in [7, 11) is 0. The zero-order valence-electron chi connectivity index (χ0n) is 34.1. The summed E-state index contributed by atoms with van der Waals surface area (Å²) < 4.78 is 4.97. The number of thiophene rings is 1. The second kappa shape index (κ2) is 13.9. The van der Waals surface area contributed by atoms with Crippen molar-refractivity contribution in [2.45, 2.75) is 25.8 Å². The van der Waals surface area contributed by atoms with Gasteiger partial charge >= 0.3 is 0 Å².